The molecule has 1 aromatic rings. The van der Waals surface area contributed by atoms with Gasteiger partial charge in [0.15, 0.2) is 0 Å². The largest absolute Gasteiger partial charge is 0.478 e. The number of aromatic carboxylic acids is 1. The minimum atomic E-state index is -0.974. The fraction of sp³-hybridized carbons (Fsp3) is 0. The van der Waals surface area contributed by atoms with E-state index in [4.69, 9.17) is 10.9 Å². The van der Waals surface area contributed by atoms with Crippen LogP contribution in [0.5, 0.6) is 0 Å². The maximum absolute atomic E-state index is 10.5. The number of nitrogens with zero attached hydrogens (tertiary/aromatic N) is 1. The number of benzene rings is 1. The van der Waals surface area contributed by atoms with Gasteiger partial charge in [-0.2, -0.15) is 0 Å². The van der Waals surface area contributed by atoms with Crippen molar-refractivity contribution in [2.45, 2.75) is 0 Å². The molecule has 0 spiro atoms. The molecule has 0 aliphatic rings. The first-order chi connectivity index (χ1) is 6.24. The molecule has 0 radical (unpaired) electrons. The maximum Gasteiger partial charge on any atom is 0.335 e. The summed E-state index contributed by atoms with van der Waals surface area (Å²) in [6.07, 6.45) is 1.28. The Morgan fingerprint density at radius 2 is 2.38 bits per heavy atom. The number of nitrogens with two attached hydrogens (primary N) is 1. The number of hydrazine groups is 1. The Balaban J connectivity index is 2.92. The van der Waals surface area contributed by atoms with E-state index in [1.165, 1.54) is 18.5 Å². The average molecular weight is 179 g/mol. The second kappa shape index (κ2) is 4.22. The molecule has 0 bridgehead atoms. The number of aliphatic imine (C=N–C) groups is 1. The summed E-state index contributed by atoms with van der Waals surface area (Å²) in [5.74, 6) is 3.98. The van der Waals surface area contributed by atoms with Gasteiger partial charge in [-0.05, 0) is 18.2 Å². The van der Waals surface area contributed by atoms with Gasteiger partial charge in [-0.25, -0.2) is 15.6 Å². The zero-order valence-electron chi connectivity index (χ0n) is 6.77. The number of carboxylic acids is 1. The molecular weight excluding hydrogens is 170 g/mol. The summed E-state index contributed by atoms with van der Waals surface area (Å²) in [7, 11) is 0. The highest BCUT2D eigenvalue weighted by Crippen LogP contribution is 2.12. The van der Waals surface area contributed by atoms with Gasteiger partial charge in [0, 0.05) is 0 Å². The van der Waals surface area contributed by atoms with E-state index in [-0.39, 0.29) is 5.56 Å². The van der Waals surface area contributed by atoms with Crippen LogP contribution >= 0.6 is 0 Å². The first-order valence-electron chi connectivity index (χ1n) is 3.56. The Hall–Kier alpha value is -1.88. The van der Waals surface area contributed by atoms with Crippen LogP contribution in [0.2, 0.25) is 0 Å². The molecule has 0 aliphatic heterocycles. The number of hydrogen-bond acceptors (Lipinski definition) is 3. The van der Waals surface area contributed by atoms with Crippen LogP contribution in [0, 0.1) is 0 Å². The minimum Gasteiger partial charge on any atom is -0.478 e. The van der Waals surface area contributed by atoms with Crippen molar-refractivity contribution in [1.29, 1.82) is 0 Å². The fourth-order valence-corrected chi connectivity index (χ4v) is 0.831. The fourth-order valence-electron chi connectivity index (χ4n) is 0.831. The molecule has 13 heavy (non-hydrogen) atoms. The Bertz CT molecular complexity index is 336. The Morgan fingerprint density at radius 1 is 1.62 bits per heavy atom. The number of hydrogen-bond donors (Lipinski definition) is 3. The SMILES string of the molecule is NNC=Nc1cccc(C(=O)O)c1. The van der Waals surface area contributed by atoms with Gasteiger partial charge in [-0.1, -0.05) is 6.07 Å². The van der Waals surface area contributed by atoms with Gasteiger partial charge in [-0.15, -0.1) is 0 Å². The summed E-state index contributed by atoms with van der Waals surface area (Å²) in [5, 5.41) is 8.64. The van der Waals surface area contributed by atoms with E-state index < -0.39 is 5.97 Å². The van der Waals surface area contributed by atoms with E-state index in [9.17, 15) is 4.79 Å². The molecule has 0 aliphatic carbocycles. The molecule has 68 valence electrons. The lowest BCUT2D eigenvalue weighted by molar-refractivity contribution is 0.0697. The monoisotopic (exact) mass is 179 g/mol. The van der Waals surface area contributed by atoms with Crippen molar-refractivity contribution in [2.75, 3.05) is 0 Å². The predicted octanol–water partition coefficient (Wildman–Crippen LogP) is 0.508. The maximum atomic E-state index is 10.5. The van der Waals surface area contributed by atoms with Crippen LogP contribution < -0.4 is 11.3 Å². The van der Waals surface area contributed by atoms with Gasteiger partial charge in [0.2, 0.25) is 0 Å². The predicted molar refractivity (Wildman–Crippen MR) is 48.9 cm³/mol. The number of carboxylic acid groups (broad SMARTS) is 1. The summed E-state index contributed by atoms with van der Waals surface area (Å²) >= 11 is 0. The number of rotatable bonds is 3. The standard InChI is InChI=1S/C8H9N3O2/c9-11-5-10-7-3-1-2-6(4-7)8(12)13/h1-5H,9H2,(H,10,11)(H,12,13). The summed E-state index contributed by atoms with van der Waals surface area (Å²) in [6.45, 7) is 0. The molecule has 1 aromatic carbocycles. The second-order valence-electron chi connectivity index (χ2n) is 2.28. The van der Waals surface area contributed by atoms with Gasteiger partial charge < -0.3 is 10.5 Å². The smallest absolute Gasteiger partial charge is 0.335 e. The van der Waals surface area contributed by atoms with Crippen molar-refractivity contribution in [2.24, 2.45) is 10.8 Å². The summed E-state index contributed by atoms with van der Waals surface area (Å²) in [5.41, 5.74) is 2.97. The lowest BCUT2D eigenvalue weighted by atomic mass is 10.2. The third-order valence-electron chi connectivity index (χ3n) is 1.38. The molecule has 4 N–H and O–H groups in total. The Kier molecular flexibility index (Phi) is 2.99. The van der Waals surface area contributed by atoms with Crippen LogP contribution in [0.1, 0.15) is 10.4 Å². The molecule has 0 amide bonds. The summed E-state index contributed by atoms with van der Waals surface area (Å²) < 4.78 is 0. The van der Waals surface area contributed by atoms with E-state index in [1.54, 1.807) is 12.1 Å². The van der Waals surface area contributed by atoms with Gasteiger partial charge >= 0.3 is 5.97 Å². The lowest BCUT2D eigenvalue weighted by Gasteiger charge is -1.95. The quantitative estimate of drug-likeness (QED) is 0.273. The second-order valence-corrected chi connectivity index (χ2v) is 2.28. The van der Waals surface area contributed by atoms with Crippen LogP contribution in [0.15, 0.2) is 29.3 Å². The molecule has 5 nitrogen and oxygen atoms in total. The van der Waals surface area contributed by atoms with Crippen molar-refractivity contribution in [1.82, 2.24) is 5.43 Å². The molecule has 1 rings (SSSR count). The topological polar surface area (TPSA) is 87.7 Å². The summed E-state index contributed by atoms with van der Waals surface area (Å²) in [4.78, 5) is 14.4. The molecule has 0 unspecified atom stereocenters. The van der Waals surface area contributed by atoms with Crippen LogP contribution in [-0.4, -0.2) is 17.4 Å². The average Bonchev–Trinajstić information content (AvgIpc) is 2.15. The van der Waals surface area contributed by atoms with Crippen molar-refractivity contribution >= 4 is 18.0 Å². The zero-order valence-corrected chi connectivity index (χ0v) is 6.77. The number of nitrogens with one attached hydrogen (secondary N) is 1. The van der Waals surface area contributed by atoms with E-state index in [1.807, 2.05) is 0 Å². The highest BCUT2D eigenvalue weighted by Gasteiger charge is 2.01. The van der Waals surface area contributed by atoms with Gasteiger partial charge in [-0.3, -0.25) is 0 Å². The van der Waals surface area contributed by atoms with Crippen LogP contribution in [-0.2, 0) is 0 Å². The van der Waals surface area contributed by atoms with E-state index in [2.05, 4.69) is 10.4 Å². The normalized spacial score (nSPS) is 10.2. The number of carbonyl (C=O) groups is 1. The molecule has 0 fully saturated rings. The molecule has 0 aromatic heterocycles. The summed E-state index contributed by atoms with van der Waals surface area (Å²) in [6, 6.07) is 6.25. The minimum absolute atomic E-state index is 0.201. The first kappa shape index (κ1) is 9.21. The van der Waals surface area contributed by atoms with Crippen LogP contribution in [0.4, 0.5) is 5.69 Å². The van der Waals surface area contributed by atoms with Crippen molar-refractivity contribution in [3.05, 3.63) is 29.8 Å². The highest BCUT2D eigenvalue weighted by atomic mass is 16.4. The van der Waals surface area contributed by atoms with Gasteiger partial charge in [0.25, 0.3) is 0 Å². The highest BCUT2D eigenvalue weighted by molar-refractivity contribution is 5.88. The lowest BCUT2D eigenvalue weighted by Crippen LogP contribution is -2.18. The van der Waals surface area contributed by atoms with E-state index in [0.29, 0.717) is 5.69 Å². The Morgan fingerprint density at radius 3 is 3.00 bits per heavy atom. The van der Waals surface area contributed by atoms with Crippen molar-refractivity contribution in [3.8, 4) is 0 Å². The van der Waals surface area contributed by atoms with Gasteiger partial charge in [0.05, 0.1) is 11.3 Å². The molecule has 0 saturated carbocycles. The van der Waals surface area contributed by atoms with Crippen molar-refractivity contribution < 1.29 is 9.90 Å². The van der Waals surface area contributed by atoms with E-state index in [0.717, 1.165) is 0 Å². The van der Waals surface area contributed by atoms with Crippen molar-refractivity contribution in [3.63, 3.8) is 0 Å². The molecule has 5 heteroatoms. The van der Waals surface area contributed by atoms with Gasteiger partial charge in [0.1, 0.15) is 6.34 Å². The molecule has 0 heterocycles. The molecule has 0 saturated heterocycles. The molecule has 0 atom stereocenters. The van der Waals surface area contributed by atoms with E-state index >= 15 is 0 Å². The first-order valence-corrected chi connectivity index (χ1v) is 3.56. The van der Waals surface area contributed by atoms with Crippen LogP contribution in [0.3, 0.4) is 0 Å². The third kappa shape index (κ3) is 2.57. The third-order valence-corrected chi connectivity index (χ3v) is 1.38. The van der Waals surface area contributed by atoms with Crippen LogP contribution in [0.25, 0.3) is 0 Å². The molecular formula is C8H9N3O2. The zero-order chi connectivity index (χ0) is 9.68. The Labute approximate surface area is 74.9 Å².